The van der Waals surface area contributed by atoms with Gasteiger partial charge in [0.15, 0.2) is 0 Å². The molecule has 1 fully saturated rings. The van der Waals surface area contributed by atoms with Gasteiger partial charge in [-0.3, -0.25) is 0 Å². The Morgan fingerprint density at radius 1 is 1.33 bits per heavy atom. The monoisotopic (exact) mass is 438 g/mol. The van der Waals surface area contributed by atoms with Crippen LogP contribution in [0, 0.1) is 5.92 Å². The van der Waals surface area contributed by atoms with Crippen molar-refractivity contribution in [3.63, 3.8) is 0 Å². The van der Waals surface area contributed by atoms with Gasteiger partial charge in [-0.1, -0.05) is 29.8 Å². The number of hydrogen-bond donors (Lipinski definition) is 1. The maximum absolute atomic E-state index is 13.0. The molecule has 0 amide bonds. The smallest absolute Gasteiger partial charge is 0.246 e. The Labute approximate surface area is 143 Å². The lowest BCUT2D eigenvalue weighted by Crippen LogP contribution is -2.35. The summed E-state index contributed by atoms with van der Waals surface area (Å²) in [5, 5.41) is 0. The average Bonchev–Trinajstić information content (AvgIpc) is 3.10. The number of hydrogen-bond acceptors (Lipinski definition) is 3. The third-order valence-electron chi connectivity index (χ3n) is 3.48. The largest absolute Gasteiger partial charge is 0.398 e. The minimum absolute atomic E-state index is 0.128. The maximum Gasteiger partial charge on any atom is 0.246 e. The number of benzene rings is 1. The molecule has 118 valence electrons. The van der Waals surface area contributed by atoms with Crippen molar-refractivity contribution < 1.29 is 8.42 Å². The summed E-state index contributed by atoms with van der Waals surface area (Å²) in [5.74, 6) is 0.465. The molecule has 0 unspecified atom stereocenters. The Hall–Kier alpha value is -0.110. The molecule has 0 spiro atoms. The van der Waals surface area contributed by atoms with E-state index in [1.54, 1.807) is 16.4 Å². The van der Waals surface area contributed by atoms with Gasteiger partial charge in [0, 0.05) is 21.5 Å². The molecule has 21 heavy (non-hydrogen) atoms. The first-order valence-corrected chi connectivity index (χ1v) is 10.0. The van der Waals surface area contributed by atoms with Crippen LogP contribution in [0.1, 0.15) is 33.1 Å². The van der Waals surface area contributed by atoms with Crippen molar-refractivity contribution in [1.82, 2.24) is 4.31 Å². The molecule has 4 nitrogen and oxygen atoms in total. The molecule has 0 saturated heterocycles. The zero-order valence-corrected chi connectivity index (χ0v) is 16.1. The molecule has 0 aliphatic heterocycles. The Bertz CT molecular complexity index is 605. The van der Waals surface area contributed by atoms with E-state index >= 15 is 0 Å². The molecular weight excluding hydrogens is 420 g/mol. The zero-order chi connectivity index (χ0) is 15.8. The Kier molecular flexibility index (Phi) is 5.39. The lowest BCUT2D eigenvalue weighted by molar-refractivity contribution is 0.373. The van der Waals surface area contributed by atoms with E-state index in [1.165, 1.54) is 0 Å². The van der Waals surface area contributed by atoms with Crippen molar-refractivity contribution in [2.45, 2.75) is 44.0 Å². The summed E-state index contributed by atoms with van der Waals surface area (Å²) in [7, 11) is -3.57. The fourth-order valence-corrected chi connectivity index (χ4v) is 5.93. The van der Waals surface area contributed by atoms with Crippen LogP contribution in [-0.2, 0) is 10.0 Å². The molecule has 1 aromatic carbocycles. The quantitative estimate of drug-likeness (QED) is 0.681. The summed E-state index contributed by atoms with van der Waals surface area (Å²) < 4.78 is 28.8. The molecule has 0 bridgehead atoms. The highest BCUT2D eigenvalue weighted by molar-refractivity contribution is 9.11. The first-order valence-electron chi connectivity index (χ1n) is 7.00. The van der Waals surface area contributed by atoms with E-state index in [4.69, 9.17) is 5.73 Å². The first kappa shape index (κ1) is 17.2. The van der Waals surface area contributed by atoms with Crippen LogP contribution in [0.25, 0.3) is 0 Å². The molecule has 7 heteroatoms. The van der Waals surface area contributed by atoms with Crippen molar-refractivity contribution in [2.75, 3.05) is 12.3 Å². The van der Waals surface area contributed by atoms with E-state index in [0.717, 1.165) is 23.7 Å². The van der Waals surface area contributed by atoms with Crippen LogP contribution in [0.4, 0.5) is 5.69 Å². The zero-order valence-electron chi connectivity index (χ0n) is 12.1. The Balaban J connectivity index is 2.39. The minimum Gasteiger partial charge on any atom is -0.398 e. The van der Waals surface area contributed by atoms with Gasteiger partial charge in [-0.05, 0) is 53.2 Å². The molecular formula is C14H20Br2N2O2S. The molecule has 1 saturated carbocycles. The van der Waals surface area contributed by atoms with E-state index in [0.29, 0.717) is 16.9 Å². The van der Waals surface area contributed by atoms with E-state index < -0.39 is 10.0 Å². The summed E-state index contributed by atoms with van der Waals surface area (Å²) in [5.41, 5.74) is 6.23. The van der Waals surface area contributed by atoms with Crippen LogP contribution in [-0.4, -0.2) is 25.3 Å². The van der Waals surface area contributed by atoms with Gasteiger partial charge in [0.1, 0.15) is 4.90 Å². The van der Waals surface area contributed by atoms with E-state index in [2.05, 4.69) is 45.7 Å². The third-order valence-corrected chi connectivity index (χ3v) is 6.90. The minimum atomic E-state index is -3.57. The molecule has 0 aromatic heterocycles. The Morgan fingerprint density at radius 2 is 1.95 bits per heavy atom. The predicted molar refractivity (Wildman–Crippen MR) is 92.6 cm³/mol. The van der Waals surface area contributed by atoms with Crippen LogP contribution in [0.3, 0.4) is 0 Å². The first-order chi connectivity index (χ1) is 9.73. The molecule has 1 aromatic rings. The highest BCUT2D eigenvalue weighted by Crippen LogP contribution is 2.38. The van der Waals surface area contributed by atoms with Gasteiger partial charge >= 0.3 is 0 Å². The standard InChI is InChI=1S/C14H20Br2N2O2S/c1-9(2)5-6-18(11-3-4-11)21(19,20)14-12(16)7-10(15)8-13(14)17/h7-9,11H,3-6,17H2,1-2H3. The van der Waals surface area contributed by atoms with Gasteiger partial charge in [-0.15, -0.1) is 0 Å². The number of rotatable bonds is 6. The van der Waals surface area contributed by atoms with Crippen molar-refractivity contribution in [1.29, 1.82) is 0 Å². The molecule has 2 rings (SSSR count). The maximum atomic E-state index is 13.0. The Morgan fingerprint density at radius 3 is 2.43 bits per heavy atom. The lowest BCUT2D eigenvalue weighted by atomic mass is 10.1. The van der Waals surface area contributed by atoms with Gasteiger partial charge in [-0.2, -0.15) is 4.31 Å². The third kappa shape index (κ3) is 4.00. The van der Waals surface area contributed by atoms with Crippen molar-refractivity contribution in [3.05, 3.63) is 21.1 Å². The second kappa shape index (κ2) is 6.56. The van der Waals surface area contributed by atoms with Crippen LogP contribution in [0.2, 0.25) is 0 Å². The van der Waals surface area contributed by atoms with Gasteiger partial charge < -0.3 is 5.73 Å². The van der Waals surface area contributed by atoms with Crippen molar-refractivity contribution >= 4 is 47.6 Å². The van der Waals surface area contributed by atoms with E-state index in [1.807, 2.05) is 0 Å². The number of halogens is 2. The average molecular weight is 440 g/mol. The lowest BCUT2D eigenvalue weighted by Gasteiger charge is -2.24. The molecule has 2 N–H and O–H groups in total. The van der Waals surface area contributed by atoms with Gasteiger partial charge in [0.2, 0.25) is 10.0 Å². The highest BCUT2D eigenvalue weighted by Gasteiger charge is 2.39. The van der Waals surface area contributed by atoms with E-state index in [9.17, 15) is 8.42 Å². The normalized spacial score (nSPS) is 15.9. The summed E-state index contributed by atoms with van der Waals surface area (Å²) >= 11 is 6.66. The van der Waals surface area contributed by atoms with Crippen LogP contribution < -0.4 is 5.73 Å². The summed E-state index contributed by atoms with van der Waals surface area (Å²) in [6.45, 7) is 4.75. The fourth-order valence-electron chi connectivity index (χ4n) is 2.22. The second-order valence-electron chi connectivity index (χ2n) is 5.84. The number of anilines is 1. The van der Waals surface area contributed by atoms with Crippen molar-refractivity contribution in [2.24, 2.45) is 5.92 Å². The molecule has 1 aliphatic rings. The second-order valence-corrected chi connectivity index (χ2v) is 9.43. The van der Waals surface area contributed by atoms with Gasteiger partial charge in [0.25, 0.3) is 0 Å². The number of sulfonamides is 1. The highest BCUT2D eigenvalue weighted by atomic mass is 79.9. The van der Waals surface area contributed by atoms with Gasteiger partial charge in [0.05, 0.1) is 5.69 Å². The number of nitrogen functional groups attached to an aromatic ring is 1. The summed E-state index contributed by atoms with van der Waals surface area (Å²) in [6, 6.07) is 3.48. The molecule has 0 radical (unpaired) electrons. The summed E-state index contributed by atoms with van der Waals surface area (Å²) in [4.78, 5) is 0.182. The molecule has 1 aliphatic carbocycles. The molecule has 0 atom stereocenters. The summed E-state index contributed by atoms with van der Waals surface area (Å²) in [6.07, 6.45) is 2.72. The van der Waals surface area contributed by atoms with Crippen LogP contribution >= 0.6 is 31.9 Å². The topological polar surface area (TPSA) is 63.4 Å². The number of nitrogens with two attached hydrogens (primary N) is 1. The van der Waals surface area contributed by atoms with Gasteiger partial charge in [-0.25, -0.2) is 8.42 Å². The molecule has 0 heterocycles. The van der Waals surface area contributed by atoms with Crippen LogP contribution in [0.5, 0.6) is 0 Å². The SMILES string of the molecule is CC(C)CCN(C1CC1)S(=O)(=O)c1c(N)cc(Br)cc1Br. The van der Waals surface area contributed by atoms with Crippen LogP contribution in [0.15, 0.2) is 26.0 Å². The predicted octanol–water partition coefficient (Wildman–Crippen LogP) is 3.99. The van der Waals surface area contributed by atoms with E-state index in [-0.39, 0.29) is 16.6 Å². The fraction of sp³-hybridized carbons (Fsp3) is 0.571. The van der Waals surface area contributed by atoms with Crippen molar-refractivity contribution in [3.8, 4) is 0 Å². The number of nitrogens with zero attached hydrogens (tertiary/aromatic N) is 1.